The van der Waals surface area contributed by atoms with Crippen LogP contribution in [0.15, 0.2) is 72.9 Å². The second-order valence-electron chi connectivity index (χ2n) is 3.39. The van der Waals surface area contributed by atoms with Gasteiger partial charge in [0.1, 0.15) is 0 Å². The molecule has 16 heavy (non-hydrogen) atoms. The van der Waals surface area contributed by atoms with Gasteiger partial charge in [-0.3, -0.25) is 0 Å². The van der Waals surface area contributed by atoms with Gasteiger partial charge in [-0.2, -0.15) is 0 Å². The number of hydrogen-bond acceptors (Lipinski definition) is 1. The average molecular weight is 214 g/mol. The zero-order chi connectivity index (χ0) is 11.5. The highest BCUT2D eigenvalue weighted by molar-refractivity contribution is 5.25. The Kier molecular flexibility index (Phi) is 6.77. The molecule has 0 aromatic carbocycles. The molecule has 1 rings (SSSR count). The summed E-state index contributed by atoms with van der Waals surface area (Å²) in [5.74, 6) is 0.468. The van der Waals surface area contributed by atoms with E-state index in [0.29, 0.717) is 12.5 Å². The molecule has 0 saturated heterocycles. The van der Waals surface area contributed by atoms with Gasteiger partial charge in [0.05, 0.1) is 6.61 Å². The van der Waals surface area contributed by atoms with Gasteiger partial charge in [-0.25, -0.2) is 0 Å². The van der Waals surface area contributed by atoms with Gasteiger partial charge < -0.3 is 4.74 Å². The molecule has 84 valence electrons. The number of methoxy groups -OCH3 is 1. The van der Waals surface area contributed by atoms with E-state index >= 15 is 0 Å². The molecule has 0 bridgehead atoms. The summed E-state index contributed by atoms with van der Waals surface area (Å²) in [5, 5.41) is 0. The Morgan fingerprint density at radius 1 is 0.938 bits per heavy atom. The SMILES string of the molecule is COC/C=C/C=C/C=C/C=C/C1C=CC=C1. The largest absolute Gasteiger partial charge is 0.381 e. The van der Waals surface area contributed by atoms with Crippen LogP contribution in [0.5, 0.6) is 0 Å². The lowest BCUT2D eigenvalue weighted by Gasteiger charge is -1.91. The third kappa shape index (κ3) is 5.99. The molecule has 1 aliphatic carbocycles. The van der Waals surface area contributed by atoms with Crippen LogP contribution in [0.1, 0.15) is 0 Å². The number of allylic oxidation sites excluding steroid dienone is 11. The van der Waals surface area contributed by atoms with Crippen molar-refractivity contribution in [3.63, 3.8) is 0 Å². The zero-order valence-electron chi connectivity index (χ0n) is 9.62. The Bertz CT molecular complexity index is 328. The van der Waals surface area contributed by atoms with E-state index in [9.17, 15) is 0 Å². The summed E-state index contributed by atoms with van der Waals surface area (Å²) in [5.41, 5.74) is 0. The predicted octanol–water partition coefficient (Wildman–Crippen LogP) is 3.60. The Balaban J connectivity index is 2.16. The first-order chi connectivity index (χ1) is 7.93. The average Bonchev–Trinajstić information content (AvgIpc) is 2.80. The summed E-state index contributed by atoms with van der Waals surface area (Å²) in [7, 11) is 1.69. The minimum atomic E-state index is 0.468. The third-order valence-electron chi connectivity index (χ3n) is 2.07. The number of rotatable bonds is 6. The van der Waals surface area contributed by atoms with Gasteiger partial charge in [0.2, 0.25) is 0 Å². The lowest BCUT2D eigenvalue weighted by Crippen LogP contribution is -1.78. The molecule has 0 atom stereocenters. The summed E-state index contributed by atoms with van der Waals surface area (Å²) in [6.45, 7) is 0.661. The van der Waals surface area contributed by atoms with Gasteiger partial charge in [-0.1, -0.05) is 72.9 Å². The topological polar surface area (TPSA) is 9.23 Å². The Morgan fingerprint density at radius 3 is 2.25 bits per heavy atom. The first-order valence-corrected chi connectivity index (χ1v) is 5.44. The molecule has 1 heteroatoms. The number of ether oxygens (including phenoxy) is 1. The third-order valence-corrected chi connectivity index (χ3v) is 2.07. The maximum atomic E-state index is 4.88. The van der Waals surface area contributed by atoms with E-state index in [-0.39, 0.29) is 0 Å². The van der Waals surface area contributed by atoms with Crippen LogP contribution >= 0.6 is 0 Å². The summed E-state index contributed by atoms with van der Waals surface area (Å²) >= 11 is 0. The van der Waals surface area contributed by atoms with Crippen molar-refractivity contribution >= 4 is 0 Å². The van der Waals surface area contributed by atoms with Crippen LogP contribution in [0.3, 0.4) is 0 Å². The van der Waals surface area contributed by atoms with E-state index in [1.165, 1.54) is 0 Å². The zero-order valence-corrected chi connectivity index (χ0v) is 9.62. The fourth-order valence-corrected chi connectivity index (χ4v) is 1.26. The molecule has 0 spiro atoms. The Labute approximate surface area is 97.8 Å². The highest BCUT2D eigenvalue weighted by Crippen LogP contribution is 2.09. The quantitative estimate of drug-likeness (QED) is 0.614. The second-order valence-corrected chi connectivity index (χ2v) is 3.39. The van der Waals surface area contributed by atoms with E-state index in [1.807, 2.05) is 36.5 Å². The molecule has 0 fully saturated rings. The minimum Gasteiger partial charge on any atom is -0.381 e. The van der Waals surface area contributed by atoms with Gasteiger partial charge in [0.25, 0.3) is 0 Å². The summed E-state index contributed by atoms with van der Waals surface area (Å²) < 4.78 is 4.88. The summed E-state index contributed by atoms with van der Waals surface area (Å²) in [4.78, 5) is 0. The Morgan fingerprint density at radius 2 is 1.56 bits per heavy atom. The van der Waals surface area contributed by atoms with Crippen molar-refractivity contribution in [2.75, 3.05) is 13.7 Å². The molecular formula is C15H18O. The van der Waals surface area contributed by atoms with Crippen LogP contribution in [0.4, 0.5) is 0 Å². The molecule has 0 aromatic rings. The first-order valence-electron chi connectivity index (χ1n) is 5.44. The molecule has 0 N–H and O–H groups in total. The Hall–Kier alpha value is -1.60. The van der Waals surface area contributed by atoms with Gasteiger partial charge in [0, 0.05) is 13.0 Å². The molecule has 1 nitrogen and oxygen atoms in total. The van der Waals surface area contributed by atoms with Gasteiger partial charge in [-0.15, -0.1) is 0 Å². The van der Waals surface area contributed by atoms with E-state index < -0.39 is 0 Å². The lowest BCUT2D eigenvalue weighted by molar-refractivity contribution is 0.234. The van der Waals surface area contributed by atoms with E-state index in [1.54, 1.807) is 7.11 Å². The maximum Gasteiger partial charge on any atom is 0.0646 e. The van der Waals surface area contributed by atoms with Crippen LogP contribution in [-0.2, 0) is 4.74 Å². The van der Waals surface area contributed by atoms with Crippen molar-refractivity contribution in [3.8, 4) is 0 Å². The molecule has 0 heterocycles. The summed E-state index contributed by atoms with van der Waals surface area (Å²) in [6, 6.07) is 0. The normalized spacial score (nSPS) is 17.1. The van der Waals surface area contributed by atoms with E-state index in [4.69, 9.17) is 4.74 Å². The highest BCUT2D eigenvalue weighted by Gasteiger charge is 1.94. The van der Waals surface area contributed by atoms with Crippen molar-refractivity contribution in [2.24, 2.45) is 5.92 Å². The van der Waals surface area contributed by atoms with Gasteiger partial charge in [-0.05, 0) is 0 Å². The fraction of sp³-hybridized carbons (Fsp3) is 0.200. The maximum absolute atomic E-state index is 4.88. The molecule has 0 aromatic heterocycles. The van der Waals surface area contributed by atoms with E-state index in [0.717, 1.165) is 0 Å². The lowest BCUT2D eigenvalue weighted by atomic mass is 10.1. The standard InChI is InChI=1S/C15H18O/c1-16-14-10-6-4-2-3-5-7-11-15-12-8-9-13-15/h2-13,15H,14H2,1H3/b4-2+,5-3+,10-6+,11-7+. The number of hydrogen-bond donors (Lipinski definition) is 0. The second kappa shape index (κ2) is 8.69. The van der Waals surface area contributed by atoms with Crippen molar-refractivity contribution in [2.45, 2.75) is 0 Å². The van der Waals surface area contributed by atoms with Crippen molar-refractivity contribution in [1.29, 1.82) is 0 Å². The fourth-order valence-electron chi connectivity index (χ4n) is 1.26. The van der Waals surface area contributed by atoms with Gasteiger partial charge in [0.15, 0.2) is 0 Å². The first kappa shape index (κ1) is 12.5. The highest BCUT2D eigenvalue weighted by atomic mass is 16.5. The molecule has 1 aliphatic rings. The van der Waals surface area contributed by atoms with Gasteiger partial charge >= 0.3 is 0 Å². The van der Waals surface area contributed by atoms with Crippen molar-refractivity contribution < 1.29 is 4.74 Å². The van der Waals surface area contributed by atoms with Crippen LogP contribution in [0.2, 0.25) is 0 Å². The smallest absolute Gasteiger partial charge is 0.0646 e. The molecule has 0 saturated carbocycles. The molecule has 0 amide bonds. The molecule has 0 radical (unpaired) electrons. The minimum absolute atomic E-state index is 0.468. The molecule has 0 unspecified atom stereocenters. The molecular weight excluding hydrogens is 196 g/mol. The van der Waals surface area contributed by atoms with Crippen LogP contribution in [-0.4, -0.2) is 13.7 Å². The predicted molar refractivity (Wildman–Crippen MR) is 70.2 cm³/mol. The van der Waals surface area contributed by atoms with Crippen LogP contribution in [0, 0.1) is 5.92 Å². The van der Waals surface area contributed by atoms with Crippen molar-refractivity contribution in [1.82, 2.24) is 0 Å². The van der Waals surface area contributed by atoms with Crippen molar-refractivity contribution in [3.05, 3.63) is 72.9 Å². The monoisotopic (exact) mass is 214 g/mol. The summed E-state index contributed by atoms with van der Waals surface area (Å²) in [6.07, 6.45) is 24.6. The van der Waals surface area contributed by atoms with Crippen LogP contribution < -0.4 is 0 Å². The molecule has 0 aliphatic heterocycles. The van der Waals surface area contributed by atoms with Crippen LogP contribution in [0.25, 0.3) is 0 Å². The van der Waals surface area contributed by atoms with E-state index in [2.05, 4.69) is 36.5 Å².